The van der Waals surface area contributed by atoms with Crippen molar-refractivity contribution in [2.24, 2.45) is 0 Å². The van der Waals surface area contributed by atoms with E-state index >= 15 is 0 Å². The van der Waals surface area contributed by atoms with Crippen LogP contribution in [0.4, 0.5) is 5.69 Å². The topological polar surface area (TPSA) is 86.8 Å². The number of amides is 2. The number of carbonyl (C=O) groups is 2. The minimum absolute atomic E-state index is 0.00988. The van der Waals surface area contributed by atoms with Gasteiger partial charge in [0.25, 0.3) is 10.0 Å². The molecule has 0 radical (unpaired) electrons. The summed E-state index contributed by atoms with van der Waals surface area (Å²) >= 11 is 6.57. The molecule has 7 nitrogen and oxygen atoms in total. The van der Waals surface area contributed by atoms with E-state index in [1.165, 1.54) is 17.0 Å². The number of hydrogen-bond acceptors (Lipinski definition) is 4. The molecule has 9 heteroatoms. The first-order valence-electron chi connectivity index (χ1n) is 15.0. The lowest BCUT2D eigenvalue weighted by molar-refractivity contribution is -0.140. The minimum atomic E-state index is -4.17. The fourth-order valence-electron chi connectivity index (χ4n) is 5.04. The SMILES string of the molecule is CC[C@@H](C)NC(=O)[C@@H](Cc1ccccc1)N(Cc1ccccc1Cl)C(=O)CN(c1cccc(C)c1C)S(=O)(=O)c1ccccc1. The molecule has 45 heavy (non-hydrogen) atoms. The van der Waals surface area contributed by atoms with Crippen LogP contribution in [0.2, 0.25) is 5.02 Å². The zero-order valence-corrected chi connectivity index (χ0v) is 27.7. The lowest BCUT2D eigenvalue weighted by Crippen LogP contribution is -2.54. The highest BCUT2D eigenvalue weighted by molar-refractivity contribution is 7.92. The number of hydrogen-bond donors (Lipinski definition) is 1. The van der Waals surface area contributed by atoms with Crippen LogP contribution in [0, 0.1) is 13.8 Å². The molecule has 236 valence electrons. The Bertz CT molecular complexity index is 1720. The molecular weight excluding hydrogens is 606 g/mol. The number of rotatable bonds is 13. The second kappa shape index (κ2) is 15.2. The van der Waals surface area contributed by atoms with Crippen molar-refractivity contribution in [3.05, 3.63) is 130 Å². The summed E-state index contributed by atoms with van der Waals surface area (Å²) in [6.07, 6.45) is 0.937. The summed E-state index contributed by atoms with van der Waals surface area (Å²) in [5, 5.41) is 3.49. The van der Waals surface area contributed by atoms with Gasteiger partial charge in [0, 0.05) is 24.0 Å². The van der Waals surface area contributed by atoms with E-state index in [1.807, 2.05) is 70.2 Å². The zero-order chi connectivity index (χ0) is 32.6. The molecule has 0 saturated carbocycles. The van der Waals surface area contributed by atoms with Gasteiger partial charge in [-0.05, 0) is 73.7 Å². The molecule has 4 aromatic carbocycles. The smallest absolute Gasteiger partial charge is 0.264 e. The molecule has 0 aliphatic rings. The summed E-state index contributed by atoms with van der Waals surface area (Å²) in [6.45, 7) is 7.10. The molecule has 0 saturated heterocycles. The fraction of sp³-hybridized carbons (Fsp3) is 0.278. The average molecular weight is 646 g/mol. The van der Waals surface area contributed by atoms with Gasteiger partial charge in [0.2, 0.25) is 11.8 Å². The Balaban J connectivity index is 1.84. The van der Waals surface area contributed by atoms with E-state index in [1.54, 1.807) is 48.5 Å². The Morgan fingerprint density at radius 2 is 1.47 bits per heavy atom. The maximum Gasteiger partial charge on any atom is 0.264 e. The lowest BCUT2D eigenvalue weighted by Gasteiger charge is -2.35. The summed E-state index contributed by atoms with van der Waals surface area (Å²) < 4.78 is 29.6. The van der Waals surface area contributed by atoms with Gasteiger partial charge in [-0.1, -0.05) is 97.4 Å². The lowest BCUT2D eigenvalue weighted by atomic mass is 10.0. The van der Waals surface area contributed by atoms with Crippen LogP contribution in [-0.2, 0) is 32.6 Å². The van der Waals surface area contributed by atoms with Crippen molar-refractivity contribution in [1.82, 2.24) is 10.2 Å². The first-order valence-corrected chi connectivity index (χ1v) is 16.9. The van der Waals surface area contributed by atoms with Crippen LogP contribution in [0.25, 0.3) is 0 Å². The Hall–Kier alpha value is -4.14. The van der Waals surface area contributed by atoms with Crippen LogP contribution >= 0.6 is 11.6 Å². The molecule has 2 amide bonds. The van der Waals surface area contributed by atoms with Gasteiger partial charge in [0.1, 0.15) is 12.6 Å². The van der Waals surface area contributed by atoms with Gasteiger partial charge in [-0.15, -0.1) is 0 Å². The molecule has 4 aromatic rings. The van der Waals surface area contributed by atoms with Crippen molar-refractivity contribution in [3.8, 4) is 0 Å². The van der Waals surface area contributed by atoms with Gasteiger partial charge in [-0.2, -0.15) is 0 Å². The standard InChI is InChI=1S/C36H40ClN3O4S/c1-5-27(3)38-36(42)34(23-29-16-8-6-9-17-29)39(24-30-18-12-13-21-32(30)37)35(41)25-40(33-22-14-15-26(2)28(33)4)45(43,44)31-19-10-7-11-20-31/h6-22,27,34H,5,23-25H2,1-4H3,(H,38,42)/t27-,34-/m1/s1. The molecule has 0 heterocycles. The largest absolute Gasteiger partial charge is 0.352 e. The van der Waals surface area contributed by atoms with Gasteiger partial charge in [0.05, 0.1) is 10.6 Å². The molecule has 1 N–H and O–H groups in total. The van der Waals surface area contributed by atoms with Crippen LogP contribution in [0.15, 0.2) is 108 Å². The van der Waals surface area contributed by atoms with Gasteiger partial charge >= 0.3 is 0 Å². The van der Waals surface area contributed by atoms with Crippen LogP contribution in [0.5, 0.6) is 0 Å². The minimum Gasteiger partial charge on any atom is -0.352 e. The molecule has 0 aromatic heterocycles. The third kappa shape index (κ3) is 8.32. The summed E-state index contributed by atoms with van der Waals surface area (Å²) in [6, 6.07) is 29.0. The van der Waals surface area contributed by atoms with Crippen molar-refractivity contribution < 1.29 is 18.0 Å². The van der Waals surface area contributed by atoms with Crippen LogP contribution in [0.3, 0.4) is 0 Å². The second-order valence-electron chi connectivity index (χ2n) is 11.2. The third-order valence-corrected chi connectivity index (χ3v) is 10.2. The highest BCUT2D eigenvalue weighted by atomic mass is 35.5. The molecular formula is C36H40ClN3O4S. The van der Waals surface area contributed by atoms with E-state index in [4.69, 9.17) is 11.6 Å². The molecule has 4 rings (SSSR count). The molecule has 0 unspecified atom stereocenters. The average Bonchev–Trinajstić information content (AvgIpc) is 3.04. The predicted molar refractivity (Wildman–Crippen MR) is 181 cm³/mol. The molecule has 0 aliphatic carbocycles. The van der Waals surface area contributed by atoms with Crippen molar-refractivity contribution in [3.63, 3.8) is 0 Å². The maximum atomic E-state index is 14.6. The predicted octanol–water partition coefficient (Wildman–Crippen LogP) is 6.71. The summed E-state index contributed by atoms with van der Waals surface area (Å²) in [5.41, 5.74) is 3.52. The monoisotopic (exact) mass is 645 g/mol. The highest BCUT2D eigenvalue weighted by Gasteiger charge is 2.35. The number of nitrogens with one attached hydrogen (secondary N) is 1. The molecule has 2 atom stereocenters. The zero-order valence-electron chi connectivity index (χ0n) is 26.1. The number of benzene rings is 4. The number of halogens is 1. The Kier molecular flexibility index (Phi) is 11.4. The first kappa shape index (κ1) is 33.7. The molecule has 0 fully saturated rings. The van der Waals surface area contributed by atoms with Crippen LogP contribution < -0.4 is 9.62 Å². The number of aryl methyl sites for hydroxylation is 1. The number of anilines is 1. The number of sulfonamides is 1. The maximum absolute atomic E-state index is 14.6. The first-order chi connectivity index (χ1) is 21.5. The molecule has 0 bridgehead atoms. The van der Waals surface area contributed by atoms with Crippen molar-refractivity contribution in [2.75, 3.05) is 10.8 Å². The summed E-state index contributed by atoms with van der Waals surface area (Å²) in [4.78, 5) is 30.1. The Morgan fingerprint density at radius 1 is 0.844 bits per heavy atom. The highest BCUT2D eigenvalue weighted by Crippen LogP contribution is 2.29. The van der Waals surface area contributed by atoms with Crippen molar-refractivity contribution in [1.29, 1.82) is 0 Å². The van der Waals surface area contributed by atoms with E-state index in [0.717, 1.165) is 21.0 Å². The van der Waals surface area contributed by atoms with E-state index in [0.29, 0.717) is 22.7 Å². The van der Waals surface area contributed by atoms with Crippen LogP contribution in [0.1, 0.15) is 42.5 Å². The van der Waals surface area contributed by atoms with Gasteiger partial charge in [0.15, 0.2) is 0 Å². The van der Waals surface area contributed by atoms with Crippen LogP contribution in [-0.4, -0.2) is 43.8 Å². The molecule has 0 aliphatic heterocycles. The van der Waals surface area contributed by atoms with E-state index in [-0.39, 0.29) is 29.8 Å². The van der Waals surface area contributed by atoms with Gasteiger partial charge in [-0.25, -0.2) is 8.42 Å². The normalized spacial score (nSPS) is 12.6. The quantitative estimate of drug-likeness (QED) is 0.175. The second-order valence-corrected chi connectivity index (χ2v) is 13.4. The van der Waals surface area contributed by atoms with Gasteiger partial charge in [-0.3, -0.25) is 13.9 Å². The summed E-state index contributed by atoms with van der Waals surface area (Å²) in [7, 11) is -4.17. The number of carbonyl (C=O) groups excluding carboxylic acids is 2. The van der Waals surface area contributed by atoms with E-state index in [2.05, 4.69) is 5.32 Å². The van der Waals surface area contributed by atoms with E-state index < -0.39 is 28.5 Å². The Labute approximate surface area is 271 Å². The Morgan fingerprint density at radius 3 is 2.11 bits per heavy atom. The van der Waals surface area contributed by atoms with Crippen molar-refractivity contribution in [2.45, 2.75) is 64.1 Å². The fourth-order valence-corrected chi connectivity index (χ4v) is 6.73. The third-order valence-electron chi connectivity index (χ3n) is 8.03. The van der Waals surface area contributed by atoms with E-state index in [9.17, 15) is 18.0 Å². The van der Waals surface area contributed by atoms with Crippen molar-refractivity contribution >= 4 is 39.1 Å². The number of nitrogens with zero attached hydrogens (tertiary/aromatic N) is 2. The molecule has 0 spiro atoms. The summed E-state index contributed by atoms with van der Waals surface area (Å²) in [5.74, 6) is -0.853. The van der Waals surface area contributed by atoms with Gasteiger partial charge < -0.3 is 10.2 Å².